The van der Waals surface area contributed by atoms with Crippen LogP contribution in [0, 0.1) is 0 Å². The first kappa shape index (κ1) is 18.3. The van der Waals surface area contributed by atoms with E-state index in [2.05, 4.69) is 4.98 Å². The standard InChI is InChI=1S/C16H19N3O6S/c1-3-24-15(21)11-8-10-4-7-18-13(12(10)19(2)14(11)20)25-9-16(5-6-16)26(17,22)23/h4,7-8H,3,5-6,9H2,1-2H3,(H2,17,22,23). The zero-order chi connectivity index (χ0) is 19.1. The number of aromatic nitrogens is 2. The van der Waals surface area contributed by atoms with Gasteiger partial charge in [-0.2, -0.15) is 0 Å². The first-order chi connectivity index (χ1) is 12.2. The highest BCUT2D eigenvalue weighted by molar-refractivity contribution is 7.90. The molecule has 9 nitrogen and oxygen atoms in total. The third-order valence-electron chi connectivity index (χ3n) is 4.47. The number of aryl methyl sites for hydroxylation is 1. The normalized spacial score (nSPS) is 15.7. The molecular weight excluding hydrogens is 362 g/mol. The molecule has 0 amide bonds. The molecule has 0 saturated heterocycles. The second-order valence-electron chi connectivity index (χ2n) is 6.21. The van der Waals surface area contributed by atoms with Crippen LogP contribution in [0.15, 0.2) is 23.1 Å². The molecular formula is C16H19N3O6S. The Morgan fingerprint density at radius 2 is 2.12 bits per heavy atom. The van der Waals surface area contributed by atoms with E-state index in [4.69, 9.17) is 14.6 Å². The quantitative estimate of drug-likeness (QED) is 0.713. The summed E-state index contributed by atoms with van der Waals surface area (Å²) in [4.78, 5) is 28.5. The van der Waals surface area contributed by atoms with Gasteiger partial charge in [-0.25, -0.2) is 23.3 Å². The molecule has 1 aliphatic rings. The van der Waals surface area contributed by atoms with Gasteiger partial charge in [-0.1, -0.05) is 0 Å². The van der Waals surface area contributed by atoms with E-state index in [1.165, 1.54) is 23.9 Å². The molecule has 0 aliphatic heterocycles. The number of rotatable bonds is 6. The second kappa shape index (κ2) is 6.36. The number of hydrogen-bond donors (Lipinski definition) is 1. The summed E-state index contributed by atoms with van der Waals surface area (Å²) in [6.45, 7) is 1.66. The summed E-state index contributed by atoms with van der Waals surface area (Å²) in [6, 6.07) is 3.04. The maximum atomic E-state index is 12.5. The molecule has 0 bridgehead atoms. The Labute approximate surface area is 149 Å². The van der Waals surface area contributed by atoms with E-state index < -0.39 is 26.3 Å². The number of pyridine rings is 2. The van der Waals surface area contributed by atoms with Crippen molar-refractivity contribution in [1.82, 2.24) is 9.55 Å². The number of fused-ring (bicyclic) bond motifs is 1. The first-order valence-corrected chi connectivity index (χ1v) is 9.56. The lowest BCUT2D eigenvalue weighted by molar-refractivity contribution is 0.0524. The summed E-state index contributed by atoms with van der Waals surface area (Å²) in [5.74, 6) is -0.604. The topological polar surface area (TPSA) is 131 Å². The molecule has 0 radical (unpaired) electrons. The molecule has 3 rings (SSSR count). The molecule has 2 aromatic heterocycles. The van der Waals surface area contributed by atoms with Gasteiger partial charge in [-0.15, -0.1) is 0 Å². The molecule has 1 aliphatic carbocycles. The van der Waals surface area contributed by atoms with Gasteiger partial charge in [0.05, 0.1) is 6.61 Å². The second-order valence-corrected chi connectivity index (χ2v) is 8.17. The minimum Gasteiger partial charge on any atom is -0.474 e. The zero-order valence-electron chi connectivity index (χ0n) is 14.4. The molecule has 1 saturated carbocycles. The van der Waals surface area contributed by atoms with Crippen LogP contribution in [0.1, 0.15) is 30.1 Å². The van der Waals surface area contributed by atoms with Crippen LogP contribution < -0.4 is 15.4 Å². The Bertz CT molecular complexity index is 1040. The summed E-state index contributed by atoms with van der Waals surface area (Å²) in [5.41, 5.74) is -0.292. The fourth-order valence-electron chi connectivity index (χ4n) is 2.71. The highest BCUT2D eigenvalue weighted by Gasteiger charge is 2.54. The van der Waals surface area contributed by atoms with Gasteiger partial charge in [0.2, 0.25) is 15.9 Å². The predicted molar refractivity (Wildman–Crippen MR) is 93.5 cm³/mol. The van der Waals surface area contributed by atoms with Crippen molar-refractivity contribution in [2.45, 2.75) is 24.5 Å². The molecule has 1 fully saturated rings. The zero-order valence-corrected chi connectivity index (χ0v) is 15.2. The molecule has 0 aromatic carbocycles. The van der Waals surface area contributed by atoms with Crippen LogP contribution >= 0.6 is 0 Å². The number of nitrogens with zero attached hydrogens (tertiary/aromatic N) is 2. The van der Waals surface area contributed by atoms with Crippen molar-refractivity contribution in [3.8, 4) is 5.88 Å². The summed E-state index contributed by atoms with van der Waals surface area (Å²) in [5, 5.41) is 5.80. The average Bonchev–Trinajstić information content (AvgIpc) is 3.37. The lowest BCUT2D eigenvalue weighted by Crippen LogP contribution is -2.36. The summed E-state index contributed by atoms with van der Waals surface area (Å²) in [6.07, 6.45) is 2.29. The minimum atomic E-state index is -3.74. The lowest BCUT2D eigenvalue weighted by Gasteiger charge is -2.16. The monoisotopic (exact) mass is 381 g/mol. The number of esters is 1. The van der Waals surface area contributed by atoms with E-state index in [0.29, 0.717) is 23.7 Å². The van der Waals surface area contributed by atoms with Crippen molar-refractivity contribution in [1.29, 1.82) is 0 Å². The van der Waals surface area contributed by atoms with E-state index in [1.807, 2.05) is 0 Å². The van der Waals surface area contributed by atoms with Crippen molar-refractivity contribution in [3.63, 3.8) is 0 Å². The van der Waals surface area contributed by atoms with Gasteiger partial charge in [0.1, 0.15) is 22.4 Å². The van der Waals surface area contributed by atoms with Gasteiger partial charge >= 0.3 is 5.97 Å². The molecule has 0 spiro atoms. The van der Waals surface area contributed by atoms with Crippen molar-refractivity contribution < 1.29 is 22.7 Å². The maximum absolute atomic E-state index is 12.5. The lowest BCUT2D eigenvalue weighted by atomic mass is 10.2. The van der Waals surface area contributed by atoms with Crippen molar-refractivity contribution in [2.75, 3.05) is 13.2 Å². The fraction of sp³-hybridized carbons (Fsp3) is 0.438. The molecule has 26 heavy (non-hydrogen) atoms. The number of hydrogen-bond acceptors (Lipinski definition) is 7. The minimum absolute atomic E-state index is 0.0952. The van der Waals surface area contributed by atoms with Crippen LogP contribution in [0.3, 0.4) is 0 Å². The van der Waals surface area contributed by atoms with Crippen LogP contribution in [-0.4, -0.2) is 41.9 Å². The third-order valence-corrected chi connectivity index (χ3v) is 6.20. The number of carbonyl (C=O) groups excluding carboxylic acids is 1. The van der Waals surface area contributed by atoms with Gasteiger partial charge in [-0.3, -0.25) is 4.79 Å². The fourth-order valence-corrected chi connectivity index (χ4v) is 3.61. The highest BCUT2D eigenvalue weighted by atomic mass is 32.2. The first-order valence-electron chi connectivity index (χ1n) is 8.01. The van der Waals surface area contributed by atoms with Crippen molar-refractivity contribution in [3.05, 3.63) is 34.2 Å². The van der Waals surface area contributed by atoms with Gasteiger partial charge in [0.15, 0.2) is 0 Å². The Kier molecular flexibility index (Phi) is 4.49. The molecule has 140 valence electrons. The van der Waals surface area contributed by atoms with E-state index in [1.54, 1.807) is 13.0 Å². The summed E-state index contributed by atoms with van der Waals surface area (Å²) < 4.78 is 34.0. The van der Waals surface area contributed by atoms with E-state index >= 15 is 0 Å². The van der Waals surface area contributed by atoms with Gasteiger partial charge in [0.25, 0.3) is 5.56 Å². The third kappa shape index (κ3) is 3.06. The number of carbonyl (C=O) groups is 1. The van der Waals surface area contributed by atoms with Crippen LogP contribution in [0.25, 0.3) is 10.9 Å². The van der Waals surface area contributed by atoms with Gasteiger partial charge < -0.3 is 14.0 Å². The smallest absolute Gasteiger partial charge is 0.343 e. The van der Waals surface area contributed by atoms with Crippen LogP contribution in [-0.2, 0) is 21.8 Å². The number of nitrogens with two attached hydrogens (primary N) is 1. The molecule has 2 aromatic rings. The Balaban J connectivity index is 2.02. The molecule has 2 heterocycles. The Hall–Kier alpha value is -2.46. The maximum Gasteiger partial charge on any atom is 0.343 e. The number of ether oxygens (including phenoxy) is 2. The summed E-state index contributed by atoms with van der Waals surface area (Å²) in [7, 11) is -2.26. The average molecular weight is 381 g/mol. The molecule has 0 unspecified atom stereocenters. The van der Waals surface area contributed by atoms with Gasteiger partial charge in [0, 0.05) is 18.6 Å². The van der Waals surface area contributed by atoms with E-state index in [9.17, 15) is 18.0 Å². The van der Waals surface area contributed by atoms with Crippen LogP contribution in [0.4, 0.5) is 0 Å². The van der Waals surface area contributed by atoms with Gasteiger partial charge in [-0.05, 0) is 31.9 Å². The molecule has 10 heteroatoms. The van der Waals surface area contributed by atoms with Crippen molar-refractivity contribution in [2.24, 2.45) is 12.2 Å². The van der Waals surface area contributed by atoms with Crippen LogP contribution in [0.2, 0.25) is 0 Å². The molecule has 0 atom stereocenters. The predicted octanol–water partition coefficient (Wildman–Crippen LogP) is 0.310. The number of primary sulfonamides is 1. The SMILES string of the molecule is CCOC(=O)c1cc2ccnc(OCC3(S(N)(=O)=O)CC3)c2n(C)c1=O. The van der Waals surface area contributed by atoms with E-state index in [0.717, 1.165) is 0 Å². The molecule has 2 N–H and O–H groups in total. The Morgan fingerprint density at radius 3 is 2.69 bits per heavy atom. The Morgan fingerprint density at radius 1 is 1.42 bits per heavy atom. The van der Waals surface area contributed by atoms with E-state index in [-0.39, 0.29) is 24.7 Å². The van der Waals surface area contributed by atoms with Crippen LogP contribution in [0.5, 0.6) is 5.88 Å². The largest absolute Gasteiger partial charge is 0.474 e. The summed E-state index contributed by atoms with van der Waals surface area (Å²) >= 11 is 0. The van der Waals surface area contributed by atoms with Crippen molar-refractivity contribution >= 4 is 26.9 Å². The number of sulfonamides is 1. The highest BCUT2D eigenvalue weighted by Crippen LogP contribution is 2.42.